The van der Waals surface area contributed by atoms with Crippen LogP contribution < -0.4 is 4.90 Å². The fourth-order valence-electron chi connectivity index (χ4n) is 4.14. The Hall–Kier alpha value is -2.55. The predicted molar refractivity (Wildman–Crippen MR) is 98.2 cm³/mol. The van der Waals surface area contributed by atoms with Gasteiger partial charge in [0.2, 0.25) is 0 Å². The van der Waals surface area contributed by atoms with Gasteiger partial charge in [-0.15, -0.1) is 11.3 Å². The van der Waals surface area contributed by atoms with Crippen molar-refractivity contribution < 1.29 is 4.79 Å². The summed E-state index contributed by atoms with van der Waals surface area (Å²) in [6.07, 6.45) is 3.45. The molecule has 2 aliphatic heterocycles. The van der Waals surface area contributed by atoms with Crippen molar-refractivity contribution in [1.82, 2.24) is 29.4 Å². The molecule has 5 rings (SSSR count). The summed E-state index contributed by atoms with van der Waals surface area (Å²) < 4.78 is 2.03. The third-order valence-electron chi connectivity index (χ3n) is 5.45. The molecule has 0 bridgehead atoms. The van der Waals surface area contributed by atoms with E-state index in [9.17, 15) is 4.79 Å². The van der Waals surface area contributed by atoms with Crippen LogP contribution >= 0.6 is 11.3 Å². The zero-order valence-electron chi connectivity index (χ0n) is 14.4. The first kappa shape index (κ1) is 15.7. The van der Waals surface area contributed by atoms with Crippen LogP contribution in [0.4, 0.5) is 5.82 Å². The van der Waals surface area contributed by atoms with Gasteiger partial charge in [0, 0.05) is 49.9 Å². The summed E-state index contributed by atoms with van der Waals surface area (Å²) in [6, 6.07) is 0. The topological polar surface area (TPSA) is 80.0 Å². The number of hydrogen-bond donors (Lipinski definition) is 0. The number of carbonyl (C=O) groups excluding carboxylic acids is 1. The minimum atomic E-state index is 0.0540. The fourth-order valence-corrected chi connectivity index (χ4v) is 4.67. The number of fused-ring (bicyclic) bond motifs is 2. The van der Waals surface area contributed by atoms with Crippen molar-refractivity contribution in [3.63, 3.8) is 0 Å². The third kappa shape index (κ3) is 2.38. The van der Waals surface area contributed by atoms with Crippen molar-refractivity contribution >= 4 is 34.2 Å². The monoisotopic (exact) mass is 369 g/mol. The highest BCUT2D eigenvalue weighted by Crippen LogP contribution is 2.35. The highest BCUT2D eigenvalue weighted by molar-refractivity contribution is 7.07. The number of nitrogens with zero attached hydrogens (tertiary/aromatic N) is 7. The van der Waals surface area contributed by atoms with E-state index in [4.69, 9.17) is 0 Å². The summed E-state index contributed by atoms with van der Waals surface area (Å²) in [5.41, 5.74) is 4.02. The molecule has 0 radical (unpaired) electrons. The van der Waals surface area contributed by atoms with Crippen molar-refractivity contribution in [3.8, 4) is 0 Å². The van der Waals surface area contributed by atoms with E-state index in [0.717, 1.165) is 49.7 Å². The van der Waals surface area contributed by atoms with Gasteiger partial charge in [-0.3, -0.25) is 4.79 Å². The molecular formula is C17H19N7OS. The molecule has 0 saturated carbocycles. The number of thiazole rings is 1. The first-order valence-electron chi connectivity index (χ1n) is 8.83. The van der Waals surface area contributed by atoms with Crippen LogP contribution in [0.3, 0.4) is 0 Å². The second-order valence-electron chi connectivity index (χ2n) is 6.91. The van der Waals surface area contributed by atoms with Crippen LogP contribution in [0.15, 0.2) is 23.5 Å². The number of anilines is 1. The number of imidazole rings is 1. The molecule has 8 nitrogen and oxygen atoms in total. The Labute approximate surface area is 154 Å². The van der Waals surface area contributed by atoms with E-state index in [2.05, 4.69) is 31.8 Å². The van der Waals surface area contributed by atoms with Gasteiger partial charge in [0.05, 0.1) is 11.8 Å². The minimum absolute atomic E-state index is 0.0540. The normalized spacial score (nSPS) is 22.3. The van der Waals surface area contributed by atoms with E-state index >= 15 is 0 Å². The van der Waals surface area contributed by atoms with Gasteiger partial charge in [0.25, 0.3) is 5.91 Å². The Kier molecular flexibility index (Phi) is 3.63. The third-order valence-corrected chi connectivity index (χ3v) is 6.03. The van der Waals surface area contributed by atoms with Crippen molar-refractivity contribution in [3.05, 3.63) is 29.2 Å². The standard InChI is InChI=1S/C17H19N7OS/c1-2-22-9-20-14-15(22)18-8-19-16(14)23-3-11-5-24(6-12(11)4-23)17(25)13-7-26-10-21-13/h7-12H,2-6H2,1H3. The van der Waals surface area contributed by atoms with E-state index in [0.29, 0.717) is 17.5 Å². The Bertz CT molecular complexity index is 939. The zero-order valence-corrected chi connectivity index (χ0v) is 15.3. The molecule has 2 saturated heterocycles. The Balaban J connectivity index is 1.34. The average Bonchev–Trinajstić information content (AvgIpc) is 3.42. The highest BCUT2D eigenvalue weighted by Gasteiger charge is 2.42. The number of likely N-dealkylation sites (tertiary alicyclic amines) is 1. The first-order valence-corrected chi connectivity index (χ1v) is 9.77. The van der Waals surface area contributed by atoms with E-state index in [1.165, 1.54) is 11.3 Å². The van der Waals surface area contributed by atoms with Gasteiger partial charge in [0.15, 0.2) is 17.0 Å². The number of rotatable bonds is 3. The van der Waals surface area contributed by atoms with Gasteiger partial charge in [0.1, 0.15) is 12.0 Å². The van der Waals surface area contributed by atoms with Gasteiger partial charge in [-0.2, -0.15) is 0 Å². The maximum Gasteiger partial charge on any atom is 0.273 e. The van der Waals surface area contributed by atoms with Crippen LogP contribution in [0.1, 0.15) is 17.4 Å². The van der Waals surface area contributed by atoms with Crippen LogP contribution in [0.5, 0.6) is 0 Å². The summed E-state index contributed by atoms with van der Waals surface area (Å²) in [5.74, 6) is 1.90. The molecule has 0 aromatic carbocycles. The SMILES string of the molecule is CCn1cnc2c(N3CC4CN(C(=O)c5cscn5)CC4C3)ncnc21. The highest BCUT2D eigenvalue weighted by atomic mass is 32.1. The number of aryl methyl sites for hydroxylation is 1. The van der Waals surface area contributed by atoms with Crippen molar-refractivity contribution in [2.75, 3.05) is 31.1 Å². The summed E-state index contributed by atoms with van der Waals surface area (Å²) in [4.78, 5) is 34.3. The molecule has 26 heavy (non-hydrogen) atoms. The lowest BCUT2D eigenvalue weighted by molar-refractivity contribution is 0.0777. The van der Waals surface area contributed by atoms with Gasteiger partial charge in [-0.25, -0.2) is 19.9 Å². The molecule has 9 heteroatoms. The molecule has 0 spiro atoms. The van der Waals surface area contributed by atoms with E-state index < -0.39 is 0 Å². The molecule has 5 heterocycles. The van der Waals surface area contributed by atoms with Crippen molar-refractivity contribution in [1.29, 1.82) is 0 Å². The molecule has 3 aromatic rings. The Morgan fingerprint density at radius 1 is 1.15 bits per heavy atom. The second kappa shape index (κ2) is 6.01. The predicted octanol–water partition coefficient (Wildman–Crippen LogP) is 1.51. The molecule has 2 fully saturated rings. The fraction of sp³-hybridized carbons (Fsp3) is 0.471. The van der Waals surface area contributed by atoms with Gasteiger partial charge in [-0.1, -0.05) is 0 Å². The van der Waals surface area contributed by atoms with Crippen LogP contribution in [-0.2, 0) is 6.54 Å². The van der Waals surface area contributed by atoms with Crippen LogP contribution in [-0.4, -0.2) is 61.5 Å². The lowest BCUT2D eigenvalue weighted by Crippen LogP contribution is -2.33. The van der Waals surface area contributed by atoms with E-state index in [1.54, 1.807) is 11.8 Å². The van der Waals surface area contributed by atoms with Crippen molar-refractivity contribution in [2.45, 2.75) is 13.5 Å². The maximum absolute atomic E-state index is 12.5. The summed E-state index contributed by atoms with van der Waals surface area (Å²) in [7, 11) is 0. The number of aromatic nitrogens is 5. The van der Waals surface area contributed by atoms with Crippen LogP contribution in [0, 0.1) is 11.8 Å². The lowest BCUT2D eigenvalue weighted by Gasteiger charge is -2.22. The molecule has 1 amide bonds. The average molecular weight is 369 g/mol. The molecule has 2 unspecified atom stereocenters. The Morgan fingerprint density at radius 2 is 1.96 bits per heavy atom. The molecule has 0 aliphatic carbocycles. The van der Waals surface area contributed by atoms with Crippen LogP contribution in [0.25, 0.3) is 11.2 Å². The largest absolute Gasteiger partial charge is 0.354 e. The molecule has 2 atom stereocenters. The molecule has 134 valence electrons. The first-order chi connectivity index (χ1) is 12.7. The molecule has 2 aliphatic rings. The van der Waals surface area contributed by atoms with E-state index in [-0.39, 0.29) is 5.91 Å². The Morgan fingerprint density at radius 3 is 2.65 bits per heavy atom. The molecule has 3 aromatic heterocycles. The number of amides is 1. The molecular weight excluding hydrogens is 350 g/mol. The van der Waals surface area contributed by atoms with Crippen molar-refractivity contribution in [2.24, 2.45) is 11.8 Å². The number of carbonyl (C=O) groups is 1. The smallest absolute Gasteiger partial charge is 0.273 e. The maximum atomic E-state index is 12.5. The number of hydrogen-bond acceptors (Lipinski definition) is 7. The van der Waals surface area contributed by atoms with Gasteiger partial charge in [-0.05, 0) is 6.92 Å². The van der Waals surface area contributed by atoms with Gasteiger partial charge < -0.3 is 14.4 Å². The van der Waals surface area contributed by atoms with E-state index in [1.807, 2.05) is 21.2 Å². The molecule has 0 N–H and O–H groups in total. The lowest BCUT2D eigenvalue weighted by atomic mass is 10.0. The minimum Gasteiger partial charge on any atom is -0.354 e. The zero-order chi connectivity index (χ0) is 17.7. The second-order valence-corrected chi connectivity index (χ2v) is 7.63. The van der Waals surface area contributed by atoms with Crippen LogP contribution in [0.2, 0.25) is 0 Å². The summed E-state index contributed by atoms with van der Waals surface area (Å²) in [5, 5.41) is 1.82. The quantitative estimate of drug-likeness (QED) is 0.696. The van der Waals surface area contributed by atoms with Gasteiger partial charge >= 0.3 is 0 Å². The summed E-state index contributed by atoms with van der Waals surface area (Å²) >= 11 is 1.46. The summed E-state index contributed by atoms with van der Waals surface area (Å²) in [6.45, 7) is 6.29.